The predicted octanol–water partition coefficient (Wildman–Crippen LogP) is 4.84. The Bertz CT molecular complexity index is 586. The van der Waals surface area contributed by atoms with E-state index in [4.69, 9.17) is 4.74 Å². The van der Waals surface area contributed by atoms with Crippen LogP contribution in [-0.2, 0) is 6.61 Å². The van der Waals surface area contributed by atoms with E-state index in [1.807, 2.05) is 12.1 Å². The van der Waals surface area contributed by atoms with Crippen LogP contribution in [0.25, 0.3) is 0 Å². The third kappa shape index (κ3) is 4.55. The molecule has 2 aromatic carbocycles. The standard InChI is InChI=1S/C17H19BrFNO/c1-3-20-12(2)13-5-8-16(9-6-13)21-11-14-4-7-15(19)10-17(14)18/h4-10,12,20H,3,11H2,1-2H3. The van der Waals surface area contributed by atoms with E-state index in [1.165, 1.54) is 17.7 Å². The van der Waals surface area contributed by atoms with Gasteiger partial charge >= 0.3 is 0 Å². The van der Waals surface area contributed by atoms with E-state index in [0.29, 0.717) is 12.6 Å². The lowest BCUT2D eigenvalue weighted by Gasteiger charge is -2.13. The number of halogens is 2. The first-order valence-electron chi connectivity index (χ1n) is 7.00. The van der Waals surface area contributed by atoms with E-state index >= 15 is 0 Å². The van der Waals surface area contributed by atoms with Gasteiger partial charge in [-0.2, -0.15) is 0 Å². The van der Waals surface area contributed by atoms with Gasteiger partial charge in [0.25, 0.3) is 0 Å². The Morgan fingerprint density at radius 1 is 1.19 bits per heavy atom. The first-order chi connectivity index (χ1) is 10.1. The molecule has 0 saturated heterocycles. The van der Waals surface area contributed by atoms with E-state index in [0.717, 1.165) is 22.3 Å². The largest absolute Gasteiger partial charge is 0.489 e. The van der Waals surface area contributed by atoms with Crippen LogP contribution in [0.15, 0.2) is 46.9 Å². The number of hydrogen-bond donors (Lipinski definition) is 1. The lowest BCUT2D eigenvalue weighted by Crippen LogP contribution is -2.17. The molecule has 1 atom stereocenters. The van der Waals surface area contributed by atoms with Gasteiger partial charge in [-0.05, 0) is 43.3 Å². The van der Waals surface area contributed by atoms with Crippen LogP contribution in [0.1, 0.15) is 31.0 Å². The molecule has 0 aliphatic heterocycles. The normalized spacial score (nSPS) is 12.2. The SMILES string of the molecule is CCNC(C)c1ccc(OCc2ccc(F)cc2Br)cc1. The van der Waals surface area contributed by atoms with Crippen molar-refractivity contribution in [3.63, 3.8) is 0 Å². The summed E-state index contributed by atoms with van der Waals surface area (Å²) in [6.45, 7) is 5.57. The molecule has 0 aliphatic rings. The highest BCUT2D eigenvalue weighted by Crippen LogP contribution is 2.22. The number of hydrogen-bond acceptors (Lipinski definition) is 2. The Balaban J connectivity index is 1.97. The summed E-state index contributed by atoms with van der Waals surface area (Å²) in [5.74, 6) is 0.547. The monoisotopic (exact) mass is 351 g/mol. The average Bonchev–Trinajstić information content (AvgIpc) is 2.47. The smallest absolute Gasteiger partial charge is 0.124 e. The van der Waals surface area contributed by atoms with E-state index in [2.05, 4.69) is 47.2 Å². The molecule has 0 heterocycles. The Labute approximate surface area is 133 Å². The highest BCUT2D eigenvalue weighted by atomic mass is 79.9. The molecule has 0 fully saturated rings. The molecule has 0 bridgehead atoms. The molecule has 21 heavy (non-hydrogen) atoms. The van der Waals surface area contributed by atoms with Crippen molar-refractivity contribution >= 4 is 15.9 Å². The molecule has 112 valence electrons. The van der Waals surface area contributed by atoms with Crippen molar-refractivity contribution in [3.8, 4) is 5.75 Å². The van der Waals surface area contributed by atoms with Crippen LogP contribution in [0, 0.1) is 5.82 Å². The van der Waals surface area contributed by atoms with E-state index in [9.17, 15) is 4.39 Å². The van der Waals surface area contributed by atoms with Crippen LogP contribution < -0.4 is 10.1 Å². The van der Waals surface area contributed by atoms with Gasteiger partial charge in [0.15, 0.2) is 0 Å². The van der Waals surface area contributed by atoms with E-state index in [-0.39, 0.29) is 5.82 Å². The van der Waals surface area contributed by atoms with Gasteiger partial charge in [0.1, 0.15) is 18.2 Å². The maximum atomic E-state index is 13.0. The van der Waals surface area contributed by atoms with Gasteiger partial charge in [-0.25, -0.2) is 4.39 Å². The van der Waals surface area contributed by atoms with Gasteiger partial charge in [-0.1, -0.05) is 41.1 Å². The molecular weight excluding hydrogens is 333 g/mol. The van der Waals surface area contributed by atoms with Gasteiger partial charge in [-0.15, -0.1) is 0 Å². The van der Waals surface area contributed by atoms with E-state index < -0.39 is 0 Å². The van der Waals surface area contributed by atoms with E-state index in [1.54, 1.807) is 6.07 Å². The van der Waals surface area contributed by atoms with Crippen LogP contribution in [0.5, 0.6) is 5.75 Å². The molecule has 1 unspecified atom stereocenters. The van der Waals surface area contributed by atoms with Crippen LogP contribution >= 0.6 is 15.9 Å². The topological polar surface area (TPSA) is 21.3 Å². The summed E-state index contributed by atoms with van der Waals surface area (Å²) in [4.78, 5) is 0. The first-order valence-corrected chi connectivity index (χ1v) is 7.79. The van der Waals surface area contributed by atoms with Gasteiger partial charge < -0.3 is 10.1 Å². The predicted molar refractivity (Wildman–Crippen MR) is 87.0 cm³/mol. The highest BCUT2D eigenvalue weighted by Gasteiger charge is 2.05. The molecule has 0 spiro atoms. The zero-order valence-electron chi connectivity index (χ0n) is 12.2. The molecule has 0 amide bonds. The first kappa shape index (κ1) is 16.0. The fourth-order valence-corrected chi connectivity index (χ4v) is 2.54. The Morgan fingerprint density at radius 2 is 1.90 bits per heavy atom. The summed E-state index contributed by atoms with van der Waals surface area (Å²) >= 11 is 3.34. The maximum absolute atomic E-state index is 13.0. The van der Waals surface area contributed by atoms with Crippen molar-refractivity contribution in [1.29, 1.82) is 0 Å². The Morgan fingerprint density at radius 3 is 2.52 bits per heavy atom. The summed E-state index contributed by atoms with van der Waals surface area (Å²) < 4.78 is 19.5. The second kappa shape index (κ2) is 7.57. The van der Waals surface area contributed by atoms with Crippen molar-refractivity contribution in [1.82, 2.24) is 5.32 Å². The molecule has 2 rings (SSSR count). The van der Waals surface area contributed by atoms with Gasteiger partial charge in [-0.3, -0.25) is 0 Å². The maximum Gasteiger partial charge on any atom is 0.124 e. The van der Waals surface area contributed by atoms with Gasteiger partial charge in [0.05, 0.1) is 0 Å². The average molecular weight is 352 g/mol. The molecule has 0 radical (unpaired) electrons. The molecule has 4 heteroatoms. The Kier molecular flexibility index (Phi) is 5.76. The zero-order valence-corrected chi connectivity index (χ0v) is 13.8. The fourth-order valence-electron chi connectivity index (χ4n) is 2.08. The summed E-state index contributed by atoms with van der Waals surface area (Å²) in [5, 5.41) is 3.37. The minimum atomic E-state index is -0.257. The van der Waals surface area contributed by atoms with Crippen molar-refractivity contribution in [2.45, 2.75) is 26.5 Å². The fraction of sp³-hybridized carbons (Fsp3) is 0.294. The molecule has 0 aliphatic carbocycles. The van der Waals surface area contributed by atoms with Crippen molar-refractivity contribution in [3.05, 3.63) is 63.9 Å². The van der Waals surface area contributed by atoms with Crippen LogP contribution in [0.2, 0.25) is 0 Å². The van der Waals surface area contributed by atoms with Crippen LogP contribution in [0.4, 0.5) is 4.39 Å². The summed E-state index contributed by atoms with van der Waals surface area (Å²) in [6, 6.07) is 13.0. The third-order valence-electron chi connectivity index (χ3n) is 3.30. The Hall–Kier alpha value is -1.39. The summed E-state index contributed by atoms with van der Waals surface area (Å²) in [5.41, 5.74) is 2.15. The number of rotatable bonds is 6. The molecule has 0 saturated carbocycles. The zero-order chi connectivity index (χ0) is 15.2. The molecule has 2 nitrogen and oxygen atoms in total. The highest BCUT2D eigenvalue weighted by molar-refractivity contribution is 9.10. The molecule has 2 aromatic rings. The summed E-state index contributed by atoms with van der Waals surface area (Å²) in [7, 11) is 0. The lowest BCUT2D eigenvalue weighted by molar-refractivity contribution is 0.305. The second-order valence-electron chi connectivity index (χ2n) is 4.87. The number of ether oxygens (including phenoxy) is 1. The van der Waals surface area contributed by atoms with Crippen LogP contribution in [0.3, 0.4) is 0 Å². The van der Waals surface area contributed by atoms with Crippen molar-refractivity contribution < 1.29 is 9.13 Å². The van der Waals surface area contributed by atoms with Crippen LogP contribution in [-0.4, -0.2) is 6.54 Å². The van der Waals surface area contributed by atoms with Gasteiger partial charge in [0.2, 0.25) is 0 Å². The molecular formula is C17H19BrFNO. The van der Waals surface area contributed by atoms with Crippen molar-refractivity contribution in [2.75, 3.05) is 6.54 Å². The second-order valence-corrected chi connectivity index (χ2v) is 5.73. The molecule has 0 aromatic heterocycles. The summed E-state index contributed by atoms with van der Waals surface area (Å²) in [6.07, 6.45) is 0. The minimum absolute atomic E-state index is 0.257. The lowest BCUT2D eigenvalue weighted by atomic mass is 10.1. The number of nitrogens with one attached hydrogen (secondary N) is 1. The minimum Gasteiger partial charge on any atom is -0.489 e. The molecule has 1 N–H and O–H groups in total. The van der Waals surface area contributed by atoms with Gasteiger partial charge in [0, 0.05) is 16.1 Å². The third-order valence-corrected chi connectivity index (χ3v) is 4.04. The van der Waals surface area contributed by atoms with Crippen molar-refractivity contribution in [2.24, 2.45) is 0 Å². The quantitative estimate of drug-likeness (QED) is 0.803. The number of benzene rings is 2.